The summed E-state index contributed by atoms with van der Waals surface area (Å²) >= 11 is 0. The minimum Gasteiger partial charge on any atom is -0.463 e. The fourth-order valence-electron chi connectivity index (χ4n) is 3.09. The summed E-state index contributed by atoms with van der Waals surface area (Å²) in [5, 5.41) is 11.2. The maximum absolute atomic E-state index is 12.6. The summed E-state index contributed by atoms with van der Waals surface area (Å²) in [5.74, 6) is -1.36. The highest BCUT2D eigenvalue weighted by molar-refractivity contribution is 5.84. The highest BCUT2D eigenvalue weighted by atomic mass is 16.6. The smallest absolute Gasteiger partial charge is 0.344 e. The van der Waals surface area contributed by atoms with Gasteiger partial charge in [-0.2, -0.15) is 0 Å². The highest BCUT2D eigenvalue weighted by Gasteiger charge is 2.47. The number of carbonyl (C=O) groups is 2. The van der Waals surface area contributed by atoms with Crippen LogP contribution in [-0.2, 0) is 24.7 Å². The number of hydrogen-bond donors (Lipinski definition) is 1. The molecule has 0 saturated heterocycles. The summed E-state index contributed by atoms with van der Waals surface area (Å²) < 4.78 is 10.1. The van der Waals surface area contributed by atoms with Crippen molar-refractivity contribution >= 4 is 11.9 Å². The number of aliphatic hydroxyl groups is 1. The molecule has 0 radical (unpaired) electrons. The largest absolute Gasteiger partial charge is 0.463 e. The van der Waals surface area contributed by atoms with Crippen LogP contribution in [0.1, 0.15) is 45.1 Å². The summed E-state index contributed by atoms with van der Waals surface area (Å²) in [4.78, 5) is 24.3. The second-order valence-electron chi connectivity index (χ2n) is 6.77. The SMILES string of the molecule is CC(C)COC(=O)COC(=O)C(O)(c1ccccc1)C1CCCC1. The van der Waals surface area contributed by atoms with Gasteiger partial charge in [0.15, 0.2) is 12.2 Å². The van der Waals surface area contributed by atoms with Crippen LogP contribution in [0.3, 0.4) is 0 Å². The molecule has 0 amide bonds. The average molecular weight is 334 g/mol. The van der Waals surface area contributed by atoms with E-state index in [4.69, 9.17) is 9.47 Å². The van der Waals surface area contributed by atoms with Gasteiger partial charge in [-0.3, -0.25) is 0 Å². The van der Waals surface area contributed by atoms with Crippen LogP contribution in [0.5, 0.6) is 0 Å². The molecule has 1 N–H and O–H groups in total. The Morgan fingerprint density at radius 2 is 1.79 bits per heavy atom. The molecular weight excluding hydrogens is 308 g/mol. The van der Waals surface area contributed by atoms with Crippen LogP contribution < -0.4 is 0 Å². The predicted octanol–water partition coefficient (Wildman–Crippen LogP) is 2.81. The second kappa shape index (κ2) is 8.29. The predicted molar refractivity (Wildman–Crippen MR) is 89.1 cm³/mol. The van der Waals surface area contributed by atoms with Crippen molar-refractivity contribution < 1.29 is 24.2 Å². The van der Waals surface area contributed by atoms with E-state index in [1.54, 1.807) is 24.3 Å². The first-order valence-corrected chi connectivity index (χ1v) is 8.55. The van der Waals surface area contributed by atoms with Crippen LogP contribution in [-0.4, -0.2) is 30.3 Å². The minimum absolute atomic E-state index is 0.195. The molecule has 24 heavy (non-hydrogen) atoms. The first-order chi connectivity index (χ1) is 11.4. The van der Waals surface area contributed by atoms with E-state index in [1.807, 2.05) is 19.9 Å². The van der Waals surface area contributed by atoms with Crippen molar-refractivity contribution in [2.24, 2.45) is 11.8 Å². The molecule has 2 rings (SSSR count). The zero-order valence-electron chi connectivity index (χ0n) is 14.4. The molecule has 0 heterocycles. The fraction of sp³-hybridized carbons (Fsp3) is 0.579. The van der Waals surface area contributed by atoms with Gasteiger partial charge in [-0.15, -0.1) is 0 Å². The number of esters is 2. The normalized spacial score (nSPS) is 17.5. The van der Waals surface area contributed by atoms with Gasteiger partial charge in [-0.25, -0.2) is 9.59 Å². The zero-order valence-corrected chi connectivity index (χ0v) is 14.4. The molecule has 1 aromatic carbocycles. The van der Waals surface area contributed by atoms with Crippen LogP contribution in [0.15, 0.2) is 30.3 Å². The lowest BCUT2D eigenvalue weighted by atomic mass is 9.80. The molecule has 1 aromatic rings. The molecule has 1 unspecified atom stereocenters. The fourth-order valence-corrected chi connectivity index (χ4v) is 3.09. The van der Waals surface area contributed by atoms with E-state index >= 15 is 0 Å². The Morgan fingerprint density at radius 1 is 1.17 bits per heavy atom. The van der Waals surface area contributed by atoms with E-state index in [1.165, 1.54) is 0 Å². The van der Waals surface area contributed by atoms with Gasteiger partial charge in [0.05, 0.1) is 6.61 Å². The first kappa shape index (κ1) is 18.5. The number of rotatable bonds is 7. The molecular formula is C19H26O5. The van der Waals surface area contributed by atoms with Gasteiger partial charge < -0.3 is 14.6 Å². The molecule has 1 aliphatic carbocycles. The maximum Gasteiger partial charge on any atom is 0.344 e. The monoisotopic (exact) mass is 334 g/mol. The Labute approximate surface area is 143 Å². The molecule has 0 aromatic heterocycles. The van der Waals surface area contributed by atoms with Crippen molar-refractivity contribution in [3.05, 3.63) is 35.9 Å². The van der Waals surface area contributed by atoms with Gasteiger partial charge in [0.2, 0.25) is 0 Å². The molecule has 132 valence electrons. The Hall–Kier alpha value is -1.88. The molecule has 0 aliphatic heterocycles. The number of ether oxygens (including phenoxy) is 2. The lowest BCUT2D eigenvalue weighted by Crippen LogP contribution is -2.44. The third-order valence-corrected chi connectivity index (χ3v) is 4.37. The van der Waals surface area contributed by atoms with Gasteiger partial charge in [-0.05, 0) is 24.3 Å². The van der Waals surface area contributed by atoms with E-state index in [9.17, 15) is 14.7 Å². The van der Waals surface area contributed by atoms with Crippen LogP contribution in [0.4, 0.5) is 0 Å². The molecule has 5 heteroatoms. The molecule has 1 fully saturated rings. The van der Waals surface area contributed by atoms with E-state index in [2.05, 4.69) is 0 Å². The summed E-state index contributed by atoms with van der Waals surface area (Å²) in [7, 11) is 0. The van der Waals surface area contributed by atoms with Crippen LogP contribution >= 0.6 is 0 Å². The summed E-state index contributed by atoms with van der Waals surface area (Å²) in [6.45, 7) is 3.65. The standard InChI is InChI=1S/C19H26O5/c1-14(2)12-23-17(20)13-24-18(21)19(22,16-10-6-7-11-16)15-8-4-3-5-9-15/h3-5,8-9,14,16,22H,6-7,10-13H2,1-2H3. The molecule has 1 atom stereocenters. The van der Waals surface area contributed by atoms with Gasteiger partial charge in [0, 0.05) is 5.92 Å². The number of hydrogen-bond acceptors (Lipinski definition) is 5. The van der Waals surface area contributed by atoms with Gasteiger partial charge in [0.1, 0.15) is 0 Å². The van der Waals surface area contributed by atoms with Crippen molar-refractivity contribution in [2.75, 3.05) is 13.2 Å². The summed E-state index contributed by atoms with van der Waals surface area (Å²) in [5.41, 5.74) is -1.20. The average Bonchev–Trinajstić information content (AvgIpc) is 3.12. The van der Waals surface area contributed by atoms with E-state index in [0.717, 1.165) is 25.7 Å². The topological polar surface area (TPSA) is 72.8 Å². The van der Waals surface area contributed by atoms with Gasteiger partial charge >= 0.3 is 11.9 Å². The molecule has 5 nitrogen and oxygen atoms in total. The van der Waals surface area contributed by atoms with Crippen molar-refractivity contribution in [1.29, 1.82) is 0 Å². The van der Waals surface area contributed by atoms with Crippen LogP contribution in [0.25, 0.3) is 0 Å². The number of carbonyl (C=O) groups excluding carboxylic acids is 2. The second-order valence-corrected chi connectivity index (χ2v) is 6.77. The van der Waals surface area contributed by atoms with Gasteiger partial charge in [-0.1, -0.05) is 57.0 Å². The van der Waals surface area contributed by atoms with Crippen molar-refractivity contribution in [1.82, 2.24) is 0 Å². The van der Waals surface area contributed by atoms with Crippen molar-refractivity contribution in [2.45, 2.75) is 45.1 Å². The maximum atomic E-state index is 12.6. The molecule has 1 aliphatic rings. The van der Waals surface area contributed by atoms with Gasteiger partial charge in [0.25, 0.3) is 0 Å². The van der Waals surface area contributed by atoms with E-state index < -0.39 is 24.1 Å². The lowest BCUT2D eigenvalue weighted by Gasteiger charge is -2.32. The molecule has 0 spiro atoms. The third kappa shape index (κ3) is 4.35. The quantitative estimate of drug-likeness (QED) is 0.776. The Morgan fingerprint density at radius 3 is 2.38 bits per heavy atom. The van der Waals surface area contributed by atoms with E-state index in [0.29, 0.717) is 5.56 Å². The first-order valence-electron chi connectivity index (χ1n) is 8.55. The summed E-state index contributed by atoms with van der Waals surface area (Å²) in [6.07, 6.45) is 3.48. The van der Waals surface area contributed by atoms with Crippen LogP contribution in [0, 0.1) is 11.8 Å². The van der Waals surface area contributed by atoms with E-state index in [-0.39, 0.29) is 18.4 Å². The lowest BCUT2D eigenvalue weighted by molar-refractivity contribution is -0.179. The number of benzene rings is 1. The van der Waals surface area contributed by atoms with Crippen LogP contribution in [0.2, 0.25) is 0 Å². The highest BCUT2D eigenvalue weighted by Crippen LogP contribution is 2.41. The third-order valence-electron chi connectivity index (χ3n) is 4.37. The van der Waals surface area contributed by atoms with Crippen molar-refractivity contribution in [3.63, 3.8) is 0 Å². The Bertz CT molecular complexity index is 548. The Balaban J connectivity index is 2.07. The minimum atomic E-state index is -1.71. The zero-order chi connectivity index (χ0) is 17.6. The summed E-state index contributed by atoms with van der Waals surface area (Å²) in [6, 6.07) is 8.82. The Kier molecular flexibility index (Phi) is 6.37. The molecule has 0 bridgehead atoms. The molecule has 1 saturated carbocycles. The van der Waals surface area contributed by atoms with Crippen molar-refractivity contribution in [3.8, 4) is 0 Å².